The standard InChI is InChI=1S/C39H67NO5/c1-25-20-27(33(41)34(2,3)4)45-28-21-37(8)30-11-10-29-35(5,6)31(44-19-17-40(16-18-42-9)26-22-43-23-26)12-13-38(29)24-39(30,38)15-14-36(37,7)32(25)28/h25-33,41H,10-24H2,1-9H3/t25-,27?,28?,29?,30+,31+,32?,33?,36-,37+,38-,39+/m1/s1. The molecule has 0 aromatic rings. The van der Waals surface area contributed by atoms with Gasteiger partial charge in [-0.3, -0.25) is 4.90 Å². The maximum atomic E-state index is 11.3. The minimum absolute atomic E-state index is 0.0317. The van der Waals surface area contributed by atoms with E-state index >= 15 is 0 Å². The van der Waals surface area contributed by atoms with Gasteiger partial charge >= 0.3 is 0 Å². The van der Waals surface area contributed by atoms with Crippen molar-refractivity contribution >= 4 is 0 Å². The van der Waals surface area contributed by atoms with E-state index in [4.69, 9.17) is 18.9 Å². The lowest BCUT2D eigenvalue weighted by Gasteiger charge is -2.63. The first-order chi connectivity index (χ1) is 21.1. The van der Waals surface area contributed by atoms with E-state index in [0.717, 1.165) is 57.8 Å². The van der Waals surface area contributed by atoms with Crippen LogP contribution >= 0.6 is 0 Å². The molecule has 0 aromatic heterocycles. The zero-order valence-corrected chi connectivity index (χ0v) is 30.3. The first-order valence-electron chi connectivity index (χ1n) is 18.9. The minimum Gasteiger partial charge on any atom is -0.390 e. The van der Waals surface area contributed by atoms with Crippen molar-refractivity contribution in [2.75, 3.05) is 46.6 Å². The highest BCUT2D eigenvalue weighted by Gasteiger charge is 2.83. The Morgan fingerprint density at radius 3 is 2.27 bits per heavy atom. The van der Waals surface area contributed by atoms with Crippen LogP contribution in [0, 0.1) is 56.2 Å². The summed E-state index contributed by atoms with van der Waals surface area (Å²) >= 11 is 0. The average molecular weight is 630 g/mol. The van der Waals surface area contributed by atoms with Gasteiger partial charge in [-0.15, -0.1) is 0 Å². The second-order valence-electron chi connectivity index (χ2n) is 19.4. The molecule has 7 aliphatic rings. The molecule has 7 fully saturated rings. The number of rotatable bonds is 9. The second-order valence-corrected chi connectivity index (χ2v) is 19.4. The Morgan fingerprint density at radius 1 is 0.911 bits per heavy atom. The molecule has 5 saturated carbocycles. The van der Waals surface area contributed by atoms with Gasteiger partial charge in [0, 0.05) is 20.2 Å². The van der Waals surface area contributed by atoms with Crippen LogP contribution in [0.5, 0.6) is 0 Å². The number of aliphatic hydroxyl groups is 1. The van der Waals surface area contributed by atoms with Crippen molar-refractivity contribution in [3.63, 3.8) is 0 Å². The number of nitrogens with zero attached hydrogens (tertiary/aromatic N) is 1. The predicted molar refractivity (Wildman–Crippen MR) is 178 cm³/mol. The zero-order valence-electron chi connectivity index (χ0n) is 30.3. The number of fused-ring (bicyclic) bond motifs is 4. The number of aliphatic hydroxyl groups excluding tert-OH is 1. The molecule has 258 valence electrons. The summed E-state index contributed by atoms with van der Waals surface area (Å²) in [4.78, 5) is 2.51. The fourth-order valence-corrected chi connectivity index (χ4v) is 13.8. The van der Waals surface area contributed by atoms with Crippen LogP contribution in [0.3, 0.4) is 0 Å². The summed E-state index contributed by atoms with van der Waals surface area (Å²) in [6.07, 6.45) is 12.0. The third-order valence-electron chi connectivity index (χ3n) is 16.3. The van der Waals surface area contributed by atoms with Crippen LogP contribution < -0.4 is 0 Å². The van der Waals surface area contributed by atoms with Gasteiger partial charge in [-0.05, 0) is 114 Å². The highest BCUT2D eigenvalue weighted by molar-refractivity contribution is 5.31. The quantitative estimate of drug-likeness (QED) is 0.297. The number of methoxy groups -OCH3 is 1. The van der Waals surface area contributed by atoms with Crippen LogP contribution in [-0.4, -0.2) is 87.1 Å². The predicted octanol–water partition coefficient (Wildman–Crippen LogP) is 6.97. The van der Waals surface area contributed by atoms with Crippen LogP contribution in [0.4, 0.5) is 0 Å². The first kappa shape index (κ1) is 33.3. The molecule has 6 nitrogen and oxygen atoms in total. The maximum absolute atomic E-state index is 11.3. The fourth-order valence-electron chi connectivity index (χ4n) is 13.8. The number of hydrogen-bond donors (Lipinski definition) is 1. The highest BCUT2D eigenvalue weighted by Crippen LogP contribution is 2.89. The van der Waals surface area contributed by atoms with Gasteiger partial charge in [0.05, 0.1) is 56.9 Å². The van der Waals surface area contributed by atoms with E-state index in [0.29, 0.717) is 51.7 Å². The van der Waals surface area contributed by atoms with Gasteiger partial charge in [0.1, 0.15) is 0 Å². The lowest BCUT2D eigenvalue weighted by atomic mass is 9.41. The summed E-state index contributed by atoms with van der Waals surface area (Å²) in [6.45, 7) is 24.7. The lowest BCUT2D eigenvalue weighted by molar-refractivity contribution is -0.184. The Balaban J connectivity index is 1.05. The first-order valence-corrected chi connectivity index (χ1v) is 18.9. The summed E-state index contributed by atoms with van der Waals surface area (Å²) in [6, 6.07) is 0.522. The van der Waals surface area contributed by atoms with Crippen LogP contribution in [0.1, 0.15) is 113 Å². The normalized spacial score (nSPS) is 49.3. The smallest absolute Gasteiger partial charge is 0.0850 e. The van der Waals surface area contributed by atoms with E-state index in [1.54, 1.807) is 7.11 Å². The van der Waals surface area contributed by atoms with Crippen molar-refractivity contribution in [2.24, 2.45) is 56.2 Å². The average Bonchev–Trinajstić information content (AvgIpc) is 3.53. The Morgan fingerprint density at radius 2 is 1.60 bits per heavy atom. The molecule has 2 heterocycles. The summed E-state index contributed by atoms with van der Waals surface area (Å²) in [5.74, 6) is 2.79. The number of hydrogen-bond acceptors (Lipinski definition) is 6. The summed E-state index contributed by atoms with van der Waals surface area (Å²) in [7, 11) is 1.79. The van der Waals surface area contributed by atoms with Crippen molar-refractivity contribution in [3.05, 3.63) is 0 Å². The van der Waals surface area contributed by atoms with Crippen molar-refractivity contribution < 1.29 is 24.1 Å². The zero-order chi connectivity index (χ0) is 32.2. The third kappa shape index (κ3) is 4.75. The molecular formula is C39H67NO5. The summed E-state index contributed by atoms with van der Waals surface area (Å²) in [5.41, 5.74) is 1.75. The Hall–Kier alpha value is -0.240. The molecule has 0 aromatic carbocycles. The summed E-state index contributed by atoms with van der Waals surface area (Å²) < 4.78 is 24.7. The van der Waals surface area contributed by atoms with Crippen molar-refractivity contribution in [2.45, 2.75) is 144 Å². The molecule has 2 saturated heterocycles. The molecule has 2 spiro atoms. The van der Waals surface area contributed by atoms with Gasteiger partial charge in [-0.25, -0.2) is 0 Å². The topological polar surface area (TPSA) is 60.4 Å². The van der Waals surface area contributed by atoms with Crippen molar-refractivity contribution in [1.82, 2.24) is 4.90 Å². The van der Waals surface area contributed by atoms with Gasteiger partial charge in [0.25, 0.3) is 0 Å². The molecule has 5 aliphatic carbocycles. The van der Waals surface area contributed by atoms with E-state index in [9.17, 15) is 5.11 Å². The van der Waals surface area contributed by atoms with E-state index < -0.39 is 6.10 Å². The number of ether oxygens (including phenoxy) is 4. The van der Waals surface area contributed by atoms with Gasteiger partial charge in [0.2, 0.25) is 0 Å². The maximum Gasteiger partial charge on any atom is 0.0850 e. The molecule has 2 aliphatic heterocycles. The van der Waals surface area contributed by atoms with Crippen LogP contribution in [-0.2, 0) is 18.9 Å². The highest BCUT2D eigenvalue weighted by atomic mass is 16.5. The Bertz CT molecular complexity index is 1100. The van der Waals surface area contributed by atoms with Crippen LogP contribution in [0.25, 0.3) is 0 Å². The van der Waals surface area contributed by atoms with E-state index in [2.05, 4.69) is 60.3 Å². The monoisotopic (exact) mass is 630 g/mol. The second kappa shape index (κ2) is 11.1. The molecule has 1 N–H and O–H groups in total. The van der Waals surface area contributed by atoms with E-state index in [1.807, 2.05) is 0 Å². The molecule has 0 radical (unpaired) electrons. The van der Waals surface area contributed by atoms with Crippen LogP contribution in [0.2, 0.25) is 0 Å². The fraction of sp³-hybridized carbons (Fsp3) is 1.00. The molecule has 45 heavy (non-hydrogen) atoms. The van der Waals surface area contributed by atoms with Gasteiger partial charge in [0.15, 0.2) is 0 Å². The molecule has 12 atom stereocenters. The van der Waals surface area contributed by atoms with Crippen molar-refractivity contribution in [1.29, 1.82) is 0 Å². The third-order valence-corrected chi connectivity index (χ3v) is 16.3. The largest absolute Gasteiger partial charge is 0.390 e. The molecule has 5 unspecified atom stereocenters. The molecule has 0 amide bonds. The van der Waals surface area contributed by atoms with E-state index in [-0.39, 0.29) is 16.9 Å². The summed E-state index contributed by atoms with van der Waals surface area (Å²) in [5, 5.41) is 11.3. The van der Waals surface area contributed by atoms with Gasteiger partial charge in [-0.2, -0.15) is 0 Å². The lowest BCUT2D eigenvalue weighted by Crippen LogP contribution is -2.58. The minimum atomic E-state index is -0.405. The van der Waals surface area contributed by atoms with Gasteiger partial charge in [-0.1, -0.05) is 55.4 Å². The molecule has 0 bridgehead atoms. The van der Waals surface area contributed by atoms with E-state index in [1.165, 1.54) is 51.4 Å². The molecule has 7 rings (SSSR count). The Kier molecular flexibility index (Phi) is 8.23. The molecule has 6 heteroatoms. The van der Waals surface area contributed by atoms with Crippen LogP contribution in [0.15, 0.2) is 0 Å². The van der Waals surface area contributed by atoms with Crippen molar-refractivity contribution in [3.8, 4) is 0 Å². The SMILES string of the molecule is COCCN(CCO[C@H]1CC[C@]23C[C@]24CC[C@]2(C)C5C(C[C@@]2(C)[C@@H]4CCC3C1(C)C)OC(C(O)C(C)(C)C)C[C@H]5C)C1COC1. The Labute approximate surface area is 275 Å². The molecular weight excluding hydrogens is 562 g/mol. The van der Waals surface area contributed by atoms with Gasteiger partial charge < -0.3 is 24.1 Å².